The zero-order chi connectivity index (χ0) is 20.1. The van der Waals surface area contributed by atoms with Gasteiger partial charge in [-0.2, -0.15) is 0 Å². The minimum atomic E-state index is 0.832. The molecule has 0 atom stereocenters. The summed E-state index contributed by atoms with van der Waals surface area (Å²) >= 11 is 1.72. The molecule has 4 rings (SSSR count). The van der Waals surface area contributed by atoms with Crippen LogP contribution in [-0.2, 0) is 0 Å². The van der Waals surface area contributed by atoms with Crippen LogP contribution in [0, 0.1) is 0 Å². The van der Waals surface area contributed by atoms with Crippen LogP contribution in [0.1, 0.15) is 12.5 Å². The molecule has 3 aromatic rings. The second-order valence-corrected chi connectivity index (χ2v) is 7.48. The van der Waals surface area contributed by atoms with Crippen molar-refractivity contribution in [3.8, 4) is 5.75 Å². The van der Waals surface area contributed by atoms with Crippen LogP contribution >= 0.6 is 11.8 Å². The number of anilines is 1. The Morgan fingerprint density at radius 1 is 0.897 bits per heavy atom. The van der Waals surface area contributed by atoms with Gasteiger partial charge in [0.2, 0.25) is 0 Å². The van der Waals surface area contributed by atoms with Crippen molar-refractivity contribution in [2.75, 3.05) is 12.0 Å². The van der Waals surface area contributed by atoms with Crippen LogP contribution in [0.5, 0.6) is 5.75 Å². The van der Waals surface area contributed by atoms with Crippen LogP contribution in [0.15, 0.2) is 106 Å². The molecule has 1 aliphatic heterocycles. The monoisotopic (exact) mass is 398 g/mol. The van der Waals surface area contributed by atoms with Crippen molar-refractivity contribution in [2.24, 2.45) is 4.99 Å². The van der Waals surface area contributed by atoms with Gasteiger partial charge in [-0.15, -0.1) is 0 Å². The maximum atomic E-state index is 5.22. The summed E-state index contributed by atoms with van der Waals surface area (Å²) in [4.78, 5) is 7.03. The summed E-state index contributed by atoms with van der Waals surface area (Å²) in [5, 5.41) is 3.33. The van der Waals surface area contributed by atoms with Crippen LogP contribution in [0.3, 0.4) is 0 Å². The van der Waals surface area contributed by atoms with Gasteiger partial charge in [-0.05, 0) is 55.0 Å². The van der Waals surface area contributed by atoms with E-state index in [1.807, 2.05) is 43.3 Å². The van der Waals surface area contributed by atoms with E-state index in [9.17, 15) is 0 Å². The smallest absolute Gasteiger partial charge is 0.119 e. The van der Waals surface area contributed by atoms with Crippen LogP contribution in [0.2, 0.25) is 0 Å². The summed E-state index contributed by atoms with van der Waals surface area (Å²) in [6.45, 7) is 2.03. The number of ether oxygens (including phenoxy) is 1. The number of rotatable bonds is 5. The summed E-state index contributed by atoms with van der Waals surface area (Å²) in [5.41, 5.74) is 5.35. The van der Waals surface area contributed by atoms with Gasteiger partial charge < -0.3 is 9.64 Å². The number of thioether (sulfide) groups is 1. The summed E-state index contributed by atoms with van der Waals surface area (Å²) < 4.78 is 5.22. The lowest BCUT2D eigenvalue weighted by atomic mass is 10.1. The first-order valence-corrected chi connectivity index (χ1v) is 10.3. The third-order valence-corrected chi connectivity index (χ3v) is 5.43. The fourth-order valence-electron chi connectivity index (χ4n) is 3.16. The third-order valence-electron chi connectivity index (χ3n) is 4.55. The Bertz CT molecular complexity index is 1050. The second kappa shape index (κ2) is 8.84. The van der Waals surface area contributed by atoms with Crippen molar-refractivity contribution in [1.82, 2.24) is 0 Å². The van der Waals surface area contributed by atoms with Gasteiger partial charge in [-0.1, -0.05) is 60.3 Å². The average Bonchev–Trinajstić information content (AvgIpc) is 3.19. The number of nitrogens with zero attached hydrogens (tertiary/aromatic N) is 2. The topological polar surface area (TPSA) is 24.8 Å². The van der Waals surface area contributed by atoms with Gasteiger partial charge in [0.1, 0.15) is 5.75 Å². The number of hydrogen-bond acceptors (Lipinski definition) is 4. The first kappa shape index (κ1) is 19.1. The highest BCUT2D eigenvalue weighted by atomic mass is 32.2. The van der Waals surface area contributed by atoms with Gasteiger partial charge in [0.25, 0.3) is 0 Å². The van der Waals surface area contributed by atoms with Gasteiger partial charge in [0, 0.05) is 16.8 Å². The van der Waals surface area contributed by atoms with Gasteiger partial charge in [0.05, 0.1) is 23.5 Å². The highest BCUT2D eigenvalue weighted by Crippen LogP contribution is 2.42. The molecule has 0 spiro atoms. The van der Waals surface area contributed by atoms with Crippen molar-refractivity contribution in [2.45, 2.75) is 6.92 Å². The average molecular weight is 399 g/mol. The Morgan fingerprint density at radius 3 is 2.21 bits per heavy atom. The number of allylic oxidation sites excluding steroid dienone is 1. The summed E-state index contributed by atoms with van der Waals surface area (Å²) in [5.74, 6) is 0.832. The van der Waals surface area contributed by atoms with E-state index >= 15 is 0 Å². The highest BCUT2D eigenvalue weighted by Gasteiger charge is 2.24. The van der Waals surface area contributed by atoms with E-state index < -0.39 is 0 Å². The molecule has 0 unspecified atom stereocenters. The Labute approximate surface area is 176 Å². The number of benzene rings is 3. The molecule has 29 heavy (non-hydrogen) atoms. The van der Waals surface area contributed by atoms with Gasteiger partial charge >= 0.3 is 0 Å². The van der Waals surface area contributed by atoms with E-state index in [-0.39, 0.29) is 0 Å². The Hall–Kier alpha value is -3.24. The van der Waals surface area contributed by atoms with Gasteiger partial charge in [-0.3, -0.25) is 4.99 Å². The van der Waals surface area contributed by atoms with Crippen molar-refractivity contribution in [1.29, 1.82) is 0 Å². The molecule has 0 fully saturated rings. The SMILES string of the molecule is COc1ccc(N=C(C)/C=C2/SC=C(c3ccccc3)N2c2ccccc2)cc1. The molecule has 0 aliphatic carbocycles. The molecule has 0 radical (unpaired) electrons. The molecule has 0 bridgehead atoms. The molecular weight excluding hydrogens is 376 g/mol. The molecule has 0 saturated carbocycles. The minimum Gasteiger partial charge on any atom is -0.497 e. The van der Waals surface area contributed by atoms with E-state index in [0.29, 0.717) is 0 Å². The maximum absolute atomic E-state index is 5.22. The molecule has 0 amide bonds. The quantitative estimate of drug-likeness (QED) is 0.438. The van der Waals surface area contributed by atoms with E-state index in [2.05, 4.69) is 64.9 Å². The standard InChI is InChI=1S/C25H22N2OS/c1-19(26-21-13-15-23(28-2)16-14-21)17-25-27(22-11-7-4-8-12-22)24(18-29-25)20-9-5-3-6-10-20/h3-18H,1-2H3/b25-17+,26-19?. The first-order chi connectivity index (χ1) is 14.2. The van der Waals surface area contributed by atoms with Crippen LogP contribution in [0.4, 0.5) is 11.4 Å². The van der Waals surface area contributed by atoms with E-state index in [4.69, 9.17) is 9.73 Å². The lowest BCUT2D eigenvalue weighted by molar-refractivity contribution is 0.415. The molecule has 0 N–H and O–H groups in total. The minimum absolute atomic E-state index is 0.832. The normalized spacial score (nSPS) is 15.5. The number of hydrogen-bond donors (Lipinski definition) is 0. The molecule has 4 heteroatoms. The zero-order valence-corrected chi connectivity index (χ0v) is 17.3. The maximum Gasteiger partial charge on any atom is 0.119 e. The summed E-state index contributed by atoms with van der Waals surface area (Å²) in [6.07, 6.45) is 2.13. The van der Waals surface area contributed by atoms with Crippen LogP contribution in [-0.4, -0.2) is 12.8 Å². The highest BCUT2D eigenvalue weighted by molar-refractivity contribution is 8.06. The predicted octanol–water partition coefficient (Wildman–Crippen LogP) is 6.88. The number of para-hydroxylation sites is 1. The van der Waals surface area contributed by atoms with Gasteiger partial charge in [0.15, 0.2) is 0 Å². The largest absolute Gasteiger partial charge is 0.497 e. The molecule has 3 nitrogen and oxygen atoms in total. The summed E-state index contributed by atoms with van der Waals surface area (Å²) in [6, 6.07) is 28.7. The third kappa shape index (κ3) is 4.44. The molecule has 0 saturated heterocycles. The summed E-state index contributed by atoms with van der Waals surface area (Å²) in [7, 11) is 1.67. The van der Waals surface area contributed by atoms with Crippen molar-refractivity contribution >= 4 is 34.5 Å². The Morgan fingerprint density at radius 2 is 1.55 bits per heavy atom. The molecule has 144 valence electrons. The van der Waals surface area contributed by atoms with Crippen LogP contribution < -0.4 is 9.64 Å². The fraction of sp³-hybridized carbons (Fsp3) is 0.0800. The number of methoxy groups -OCH3 is 1. The van der Waals surface area contributed by atoms with Crippen molar-refractivity contribution in [3.63, 3.8) is 0 Å². The fourth-order valence-corrected chi connectivity index (χ4v) is 4.18. The lowest BCUT2D eigenvalue weighted by Crippen LogP contribution is -2.16. The number of aliphatic imine (C=N–C) groups is 1. The van der Waals surface area contributed by atoms with Crippen molar-refractivity contribution < 1.29 is 4.74 Å². The van der Waals surface area contributed by atoms with E-state index in [0.717, 1.165) is 27.9 Å². The molecule has 1 heterocycles. The zero-order valence-electron chi connectivity index (χ0n) is 16.4. The van der Waals surface area contributed by atoms with E-state index in [1.165, 1.54) is 11.3 Å². The molecule has 3 aromatic carbocycles. The molecule has 0 aromatic heterocycles. The molecular formula is C25H22N2OS. The van der Waals surface area contributed by atoms with Gasteiger partial charge in [-0.25, -0.2) is 0 Å². The Balaban J connectivity index is 1.67. The predicted molar refractivity (Wildman–Crippen MR) is 125 cm³/mol. The lowest BCUT2D eigenvalue weighted by Gasteiger charge is -2.24. The van der Waals surface area contributed by atoms with Crippen molar-refractivity contribution in [3.05, 3.63) is 107 Å². The van der Waals surface area contributed by atoms with E-state index in [1.54, 1.807) is 18.9 Å². The first-order valence-electron chi connectivity index (χ1n) is 9.43. The molecule has 1 aliphatic rings. The second-order valence-electron chi connectivity index (χ2n) is 6.59. The Kier molecular flexibility index (Phi) is 5.82. The van der Waals surface area contributed by atoms with Crippen LogP contribution in [0.25, 0.3) is 5.70 Å².